The minimum Gasteiger partial charge on any atom is -0.496 e. The van der Waals surface area contributed by atoms with E-state index in [1.54, 1.807) is 7.11 Å². The SMILES string of the molecule is COc1cc(C)ccc1C1CN(C)CC1c1ncccc1Br. The Morgan fingerprint density at radius 2 is 2.00 bits per heavy atom. The summed E-state index contributed by atoms with van der Waals surface area (Å²) in [7, 11) is 3.92. The monoisotopic (exact) mass is 360 g/mol. The van der Waals surface area contributed by atoms with E-state index in [0.29, 0.717) is 11.8 Å². The molecule has 0 N–H and O–H groups in total. The number of rotatable bonds is 3. The van der Waals surface area contributed by atoms with Crippen LogP contribution in [0.2, 0.25) is 0 Å². The number of ether oxygens (including phenoxy) is 1. The molecule has 22 heavy (non-hydrogen) atoms. The molecule has 0 saturated carbocycles. The smallest absolute Gasteiger partial charge is 0.122 e. The van der Waals surface area contributed by atoms with E-state index in [-0.39, 0.29) is 0 Å². The maximum Gasteiger partial charge on any atom is 0.122 e. The third-order valence-electron chi connectivity index (χ3n) is 4.43. The molecule has 2 aromatic rings. The van der Waals surface area contributed by atoms with Crippen molar-refractivity contribution in [3.05, 3.63) is 57.8 Å². The molecule has 0 bridgehead atoms. The van der Waals surface area contributed by atoms with E-state index < -0.39 is 0 Å². The van der Waals surface area contributed by atoms with Crippen molar-refractivity contribution in [1.29, 1.82) is 0 Å². The second-order valence-corrected chi connectivity index (χ2v) is 6.90. The molecule has 0 amide bonds. The summed E-state index contributed by atoms with van der Waals surface area (Å²) < 4.78 is 6.73. The van der Waals surface area contributed by atoms with E-state index in [4.69, 9.17) is 4.74 Å². The molecule has 4 heteroatoms. The van der Waals surface area contributed by atoms with Gasteiger partial charge in [-0.2, -0.15) is 0 Å². The molecule has 1 fully saturated rings. The van der Waals surface area contributed by atoms with Gasteiger partial charge in [0.15, 0.2) is 0 Å². The molecule has 116 valence electrons. The lowest BCUT2D eigenvalue weighted by Crippen LogP contribution is -2.13. The molecular formula is C18H21BrN2O. The van der Waals surface area contributed by atoms with Crippen LogP contribution in [-0.4, -0.2) is 37.1 Å². The summed E-state index contributed by atoms with van der Waals surface area (Å²) in [4.78, 5) is 7.00. The average molecular weight is 361 g/mol. The Labute approximate surface area is 140 Å². The van der Waals surface area contributed by atoms with Crippen molar-refractivity contribution < 1.29 is 4.74 Å². The number of likely N-dealkylation sites (N-methyl/N-ethyl adjacent to an activating group) is 1. The van der Waals surface area contributed by atoms with Gasteiger partial charge in [0.2, 0.25) is 0 Å². The lowest BCUT2D eigenvalue weighted by atomic mass is 9.85. The molecule has 1 aliphatic heterocycles. The largest absolute Gasteiger partial charge is 0.496 e. The van der Waals surface area contributed by atoms with Crippen LogP contribution in [0.3, 0.4) is 0 Å². The molecular weight excluding hydrogens is 340 g/mol. The maximum atomic E-state index is 5.64. The van der Waals surface area contributed by atoms with Gasteiger partial charge >= 0.3 is 0 Å². The first-order valence-electron chi connectivity index (χ1n) is 7.53. The quantitative estimate of drug-likeness (QED) is 0.827. The summed E-state index contributed by atoms with van der Waals surface area (Å²) in [6.45, 7) is 4.13. The summed E-state index contributed by atoms with van der Waals surface area (Å²) in [5, 5.41) is 0. The van der Waals surface area contributed by atoms with E-state index in [1.807, 2.05) is 12.3 Å². The molecule has 1 aromatic heterocycles. The first kappa shape index (κ1) is 15.5. The van der Waals surface area contributed by atoms with Crippen LogP contribution >= 0.6 is 15.9 Å². The zero-order valence-electron chi connectivity index (χ0n) is 13.2. The number of halogens is 1. The van der Waals surface area contributed by atoms with Crippen molar-refractivity contribution in [2.45, 2.75) is 18.8 Å². The summed E-state index contributed by atoms with van der Waals surface area (Å²) in [6.07, 6.45) is 1.88. The van der Waals surface area contributed by atoms with Gasteiger partial charge in [-0.05, 0) is 59.2 Å². The number of benzene rings is 1. The summed E-state index contributed by atoms with van der Waals surface area (Å²) >= 11 is 3.66. The van der Waals surface area contributed by atoms with Gasteiger partial charge in [-0.15, -0.1) is 0 Å². The van der Waals surface area contributed by atoms with Gasteiger partial charge in [-0.3, -0.25) is 4.98 Å². The predicted octanol–water partition coefficient (Wildman–Crippen LogP) is 3.97. The van der Waals surface area contributed by atoms with Crippen LogP contribution < -0.4 is 4.74 Å². The first-order valence-corrected chi connectivity index (χ1v) is 8.33. The Balaban J connectivity index is 2.03. The van der Waals surface area contributed by atoms with Crippen molar-refractivity contribution in [2.24, 2.45) is 0 Å². The first-order chi connectivity index (χ1) is 10.6. The third kappa shape index (κ3) is 2.90. The number of methoxy groups -OCH3 is 1. The highest BCUT2D eigenvalue weighted by atomic mass is 79.9. The normalized spacial score (nSPS) is 22.0. The minimum atomic E-state index is 0.372. The molecule has 0 spiro atoms. The average Bonchev–Trinajstić information content (AvgIpc) is 2.89. The van der Waals surface area contributed by atoms with Gasteiger partial charge in [0.1, 0.15) is 5.75 Å². The lowest BCUT2D eigenvalue weighted by molar-refractivity contribution is 0.395. The standard InChI is InChI=1S/C18H21BrN2O/c1-12-6-7-13(17(9-12)22-3)14-10-21(2)11-15(14)18-16(19)5-4-8-20-18/h4-9,14-15H,10-11H2,1-3H3. The number of pyridine rings is 1. The molecule has 3 nitrogen and oxygen atoms in total. The molecule has 2 unspecified atom stereocenters. The number of nitrogens with zero attached hydrogens (tertiary/aromatic N) is 2. The Bertz CT molecular complexity index is 674. The van der Waals surface area contributed by atoms with Crippen LogP contribution in [0.5, 0.6) is 5.75 Å². The highest BCUT2D eigenvalue weighted by molar-refractivity contribution is 9.10. The van der Waals surface area contributed by atoms with Gasteiger partial charge in [0.05, 0.1) is 12.8 Å². The van der Waals surface area contributed by atoms with E-state index >= 15 is 0 Å². The van der Waals surface area contributed by atoms with E-state index in [9.17, 15) is 0 Å². The van der Waals surface area contributed by atoms with Crippen molar-refractivity contribution in [3.8, 4) is 5.75 Å². The molecule has 1 saturated heterocycles. The van der Waals surface area contributed by atoms with Gasteiger partial charge in [0.25, 0.3) is 0 Å². The van der Waals surface area contributed by atoms with Crippen molar-refractivity contribution in [1.82, 2.24) is 9.88 Å². The highest BCUT2D eigenvalue weighted by Crippen LogP contribution is 2.43. The Morgan fingerprint density at radius 3 is 2.73 bits per heavy atom. The van der Waals surface area contributed by atoms with E-state index in [1.165, 1.54) is 11.1 Å². The summed E-state index contributed by atoms with van der Waals surface area (Å²) in [6, 6.07) is 10.5. The van der Waals surface area contributed by atoms with E-state index in [2.05, 4.69) is 64.1 Å². The molecule has 2 atom stereocenters. The second kappa shape index (κ2) is 6.39. The van der Waals surface area contributed by atoms with Crippen molar-refractivity contribution in [2.75, 3.05) is 27.2 Å². The number of aryl methyl sites for hydroxylation is 1. The van der Waals surface area contributed by atoms with Crippen LogP contribution in [0.1, 0.15) is 28.7 Å². The number of hydrogen-bond acceptors (Lipinski definition) is 3. The van der Waals surface area contributed by atoms with Crippen LogP contribution in [0.15, 0.2) is 41.0 Å². The van der Waals surface area contributed by atoms with Gasteiger partial charge in [-0.1, -0.05) is 12.1 Å². The minimum absolute atomic E-state index is 0.372. The fourth-order valence-corrected chi connectivity index (χ4v) is 3.94. The second-order valence-electron chi connectivity index (χ2n) is 6.05. The van der Waals surface area contributed by atoms with Crippen LogP contribution in [-0.2, 0) is 0 Å². The molecule has 0 aliphatic carbocycles. The molecule has 3 rings (SSSR count). The molecule has 0 radical (unpaired) electrons. The Morgan fingerprint density at radius 1 is 1.23 bits per heavy atom. The predicted molar refractivity (Wildman–Crippen MR) is 92.6 cm³/mol. The summed E-state index contributed by atoms with van der Waals surface area (Å²) in [5.74, 6) is 1.75. The fourth-order valence-electron chi connectivity index (χ4n) is 3.39. The van der Waals surface area contributed by atoms with Gasteiger partial charge < -0.3 is 9.64 Å². The van der Waals surface area contributed by atoms with Crippen LogP contribution in [0, 0.1) is 6.92 Å². The summed E-state index contributed by atoms with van der Waals surface area (Å²) in [5.41, 5.74) is 3.64. The molecule has 1 aromatic carbocycles. The van der Waals surface area contributed by atoms with Crippen LogP contribution in [0.4, 0.5) is 0 Å². The molecule has 1 aliphatic rings. The Hall–Kier alpha value is -1.39. The number of likely N-dealkylation sites (tertiary alicyclic amines) is 1. The van der Waals surface area contributed by atoms with Crippen molar-refractivity contribution >= 4 is 15.9 Å². The molecule has 2 heterocycles. The lowest BCUT2D eigenvalue weighted by Gasteiger charge is -2.22. The van der Waals surface area contributed by atoms with Gasteiger partial charge in [0, 0.05) is 35.6 Å². The third-order valence-corrected chi connectivity index (χ3v) is 5.10. The fraction of sp³-hybridized carbons (Fsp3) is 0.389. The maximum absolute atomic E-state index is 5.64. The van der Waals surface area contributed by atoms with E-state index in [0.717, 1.165) is 29.0 Å². The number of aromatic nitrogens is 1. The number of hydrogen-bond donors (Lipinski definition) is 0. The van der Waals surface area contributed by atoms with Crippen molar-refractivity contribution in [3.63, 3.8) is 0 Å². The van der Waals surface area contributed by atoms with Gasteiger partial charge in [-0.25, -0.2) is 0 Å². The zero-order chi connectivity index (χ0) is 15.7. The highest BCUT2D eigenvalue weighted by Gasteiger charge is 2.36. The zero-order valence-corrected chi connectivity index (χ0v) is 14.8. The Kier molecular flexibility index (Phi) is 4.50. The van der Waals surface area contributed by atoms with Crippen LogP contribution in [0.25, 0.3) is 0 Å². The topological polar surface area (TPSA) is 25.4 Å².